The van der Waals surface area contributed by atoms with Crippen LogP contribution in [0.5, 0.6) is 5.75 Å². The fourth-order valence-corrected chi connectivity index (χ4v) is 5.72. The number of benzene rings is 4. The molecule has 0 spiro atoms. The number of halogens is 5. The number of hydrazone groups is 1. The maximum absolute atomic E-state index is 13.4. The summed E-state index contributed by atoms with van der Waals surface area (Å²) in [6.07, 6.45) is -3.54. The lowest BCUT2D eigenvalue weighted by Gasteiger charge is -2.25. The minimum Gasteiger partial charge on any atom is -0.484 e. The number of hydrogen-bond donors (Lipinski definition) is 2. The molecule has 0 radical (unpaired) electrons. The summed E-state index contributed by atoms with van der Waals surface area (Å²) in [6.45, 7) is -1.20. The van der Waals surface area contributed by atoms with Crippen molar-refractivity contribution in [1.29, 1.82) is 0 Å². The molecule has 0 bridgehead atoms. The number of amides is 2. The second-order valence-corrected chi connectivity index (χ2v) is 11.9. The van der Waals surface area contributed by atoms with E-state index in [0.717, 1.165) is 6.07 Å². The molecule has 2 N–H and O–H groups in total. The number of alkyl halides is 3. The first-order valence-corrected chi connectivity index (χ1v) is 15.1. The molecule has 4 aromatic rings. The van der Waals surface area contributed by atoms with Crippen molar-refractivity contribution >= 4 is 62.6 Å². The summed E-state index contributed by atoms with van der Waals surface area (Å²) in [5.74, 6) is -0.984. The molecule has 0 saturated heterocycles. The van der Waals surface area contributed by atoms with Crippen molar-refractivity contribution < 1.29 is 35.9 Å². The van der Waals surface area contributed by atoms with Crippen LogP contribution in [0, 0.1) is 0 Å². The minimum atomic E-state index is -4.79. The van der Waals surface area contributed by atoms with E-state index in [1.54, 1.807) is 54.6 Å². The number of ether oxygens (including phenoxy) is 1. The van der Waals surface area contributed by atoms with Gasteiger partial charge in [0, 0.05) is 10.7 Å². The number of carbonyl (C=O) groups excluding carboxylic acids is 2. The van der Waals surface area contributed by atoms with Gasteiger partial charge in [-0.3, -0.25) is 13.9 Å². The molecule has 0 aliphatic carbocycles. The molecule has 0 fully saturated rings. The van der Waals surface area contributed by atoms with Crippen LogP contribution >= 0.6 is 23.2 Å². The van der Waals surface area contributed by atoms with E-state index in [9.17, 15) is 31.2 Å². The van der Waals surface area contributed by atoms with Crippen LogP contribution in [0.25, 0.3) is 0 Å². The lowest BCUT2D eigenvalue weighted by atomic mass is 10.2. The highest BCUT2D eigenvalue weighted by Gasteiger charge is 2.34. The molecule has 9 nitrogen and oxygen atoms in total. The van der Waals surface area contributed by atoms with E-state index in [4.69, 9.17) is 27.9 Å². The molecule has 45 heavy (non-hydrogen) atoms. The first-order valence-electron chi connectivity index (χ1n) is 12.9. The topological polar surface area (TPSA) is 117 Å². The number of sulfonamides is 1. The van der Waals surface area contributed by atoms with E-state index < -0.39 is 45.8 Å². The fourth-order valence-electron chi connectivity index (χ4n) is 3.81. The Bertz CT molecular complexity index is 1810. The van der Waals surface area contributed by atoms with Crippen LogP contribution in [0.3, 0.4) is 0 Å². The van der Waals surface area contributed by atoms with E-state index in [-0.39, 0.29) is 16.5 Å². The Morgan fingerprint density at radius 1 is 0.889 bits per heavy atom. The van der Waals surface area contributed by atoms with Gasteiger partial charge in [0.15, 0.2) is 6.61 Å². The number of nitrogens with zero attached hydrogens (tertiary/aromatic N) is 2. The summed E-state index contributed by atoms with van der Waals surface area (Å²) < 4.78 is 73.1. The molecule has 0 saturated carbocycles. The lowest BCUT2D eigenvalue weighted by Crippen LogP contribution is -2.40. The zero-order valence-corrected chi connectivity index (χ0v) is 25.3. The van der Waals surface area contributed by atoms with Crippen molar-refractivity contribution in [3.05, 3.63) is 118 Å². The number of rotatable bonds is 11. The Labute approximate surface area is 266 Å². The summed E-state index contributed by atoms with van der Waals surface area (Å²) in [4.78, 5) is 24.6. The van der Waals surface area contributed by atoms with Gasteiger partial charge in [-0.25, -0.2) is 13.8 Å². The second kappa shape index (κ2) is 14.5. The van der Waals surface area contributed by atoms with Crippen LogP contribution in [-0.2, 0) is 25.8 Å². The van der Waals surface area contributed by atoms with Crippen molar-refractivity contribution in [2.24, 2.45) is 5.10 Å². The normalized spacial score (nSPS) is 11.7. The summed E-state index contributed by atoms with van der Waals surface area (Å²) in [5, 5.41) is 6.61. The van der Waals surface area contributed by atoms with Gasteiger partial charge in [0.25, 0.3) is 21.8 Å². The molecule has 0 aromatic heterocycles. The average Bonchev–Trinajstić information content (AvgIpc) is 3.00. The van der Waals surface area contributed by atoms with E-state index in [1.165, 1.54) is 30.5 Å². The van der Waals surface area contributed by atoms with Gasteiger partial charge in [0.1, 0.15) is 12.3 Å². The van der Waals surface area contributed by atoms with Crippen LogP contribution in [0.15, 0.2) is 107 Å². The SMILES string of the molecule is O=C(CN(c1cc(C(F)(F)F)ccc1Cl)S(=O)(=O)c1ccccc1)N/N=C\c1ccc(OCC(=O)Nc2cccc(Cl)c2)cc1. The lowest BCUT2D eigenvalue weighted by molar-refractivity contribution is -0.137. The van der Waals surface area contributed by atoms with Gasteiger partial charge in [0.05, 0.1) is 27.4 Å². The zero-order chi connectivity index (χ0) is 32.6. The average molecular weight is 680 g/mol. The third-order valence-electron chi connectivity index (χ3n) is 5.92. The Morgan fingerprint density at radius 2 is 1.60 bits per heavy atom. The van der Waals surface area contributed by atoms with E-state index in [0.29, 0.717) is 38.5 Å². The maximum Gasteiger partial charge on any atom is 0.416 e. The van der Waals surface area contributed by atoms with Crippen molar-refractivity contribution in [3.63, 3.8) is 0 Å². The van der Waals surface area contributed by atoms with Gasteiger partial charge < -0.3 is 10.1 Å². The first kappa shape index (κ1) is 33.3. The molecular weight excluding hydrogens is 656 g/mol. The van der Waals surface area contributed by atoms with Crippen molar-refractivity contribution in [1.82, 2.24) is 5.43 Å². The molecular formula is C30H23Cl2F3N4O5S. The molecule has 4 aromatic carbocycles. The standard InChI is InChI=1S/C30H23Cl2F3N4O5S/c31-22-5-4-6-23(16-22)37-29(41)19-44-24-12-9-20(10-13-24)17-36-38-28(40)18-39(45(42,43)25-7-2-1-3-8-25)27-15-21(30(33,34)35)11-14-26(27)32/h1-17H,18-19H2,(H,37,41)(H,38,40)/b36-17-. The van der Waals surface area contributed by atoms with Crippen LogP contribution in [0.2, 0.25) is 10.0 Å². The van der Waals surface area contributed by atoms with Crippen molar-refractivity contribution in [2.75, 3.05) is 22.8 Å². The Kier molecular flexibility index (Phi) is 10.7. The smallest absolute Gasteiger partial charge is 0.416 e. The highest BCUT2D eigenvalue weighted by molar-refractivity contribution is 7.92. The van der Waals surface area contributed by atoms with Gasteiger partial charge in [-0.2, -0.15) is 18.3 Å². The molecule has 234 valence electrons. The summed E-state index contributed by atoms with van der Waals surface area (Å²) in [6, 6.07) is 21.9. The largest absolute Gasteiger partial charge is 0.484 e. The highest BCUT2D eigenvalue weighted by atomic mass is 35.5. The van der Waals surface area contributed by atoms with Crippen LogP contribution in [-0.4, -0.2) is 39.6 Å². The summed E-state index contributed by atoms with van der Waals surface area (Å²) in [7, 11) is -4.53. The van der Waals surface area contributed by atoms with Gasteiger partial charge in [-0.05, 0) is 78.4 Å². The summed E-state index contributed by atoms with van der Waals surface area (Å²) >= 11 is 12.0. The third-order valence-corrected chi connectivity index (χ3v) is 8.25. The van der Waals surface area contributed by atoms with E-state index in [2.05, 4.69) is 15.8 Å². The van der Waals surface area contributed by atoms with Crippen molar-refractivity contribution in [2.45, 2.75) is 11.1 Å². The quantitative estimate of drug-likeness (QED) is 0.141. The van der Waals surface area contributed by atoms with Gasteiger partial charge in [0.2, 0.25) is 0 Å². The number of carbonyl (C=O) groups is 2. The molecule has 4 rings (SSSR count). The summed E-state index contributed by atoms with van der Waals surface area (Å²) in [5.41, 5.74) is 1.50. The first-order chi connectivity index (χ1) is 21.3. The monoisotopic (exact) mass is 678 g/mol. The molecule has 0 unspecified atom stereocenters. The number of hydrogen-bond acceptors (Lipinski definition) is 6. The number of nitrogens with one attached hydrogen (secondary N) is 2. The van der Waals surface area contributed by atoms with Gasteiger partial charge in [-0.15, -0.1) is 0 Å². The third kappa shape index (κ3) is 9.20. The Morgan fingerprint density at radius 3 is 2.27 bits per heavy atom. The second-order valence-electron chi connectivity index (χ2n) is 9.20. The number of anilines is 2. The molecule has 0 aliphatic rings. The molecule has 0 aliphatic heterocycles. The van der Waals surface area contributed by atoms with E-state index in [1.807, 2.05) is 0 Å². The predicted octanol–water partition coefficient (Wildman–Crippen LogP) is 6.38. The zero-order valence-electron chi connectivity index (χ0n) is 23.0. The van der Waals surface area contributed by atoms with Crippen LogP contribution in [0.1, 0.15) is 11.1 Å². The maximum atomic E-state index is 13.4. The highest BCUT2D eigenvalue weighted by Crippen LogP contribution is 2.37. The van der Waals surface area contributed by atoms with E-state index >= 15 is 0 Å². The molecule has 15 heteroatoms. The van der Waals surface area contributed by atoms with Gasteiger partial charge in [-0.1, -0.05) is 47.5 Å². The van der Waals surface area contributed by atoms with Crippen LogP contribution < -0.4 is 19.8 Å². The Hall–Kier alpha value is -4.59. The molecule has 0 heterocycles. The molecule has 0 atom stereocenters. The predicted molar refractivity (Wildman–Crippen MR) is 165 cm³/mol. The minimum absolute atomic E-state index is 0.265. The fraction of sp³-hybridized carbons (Fsp3) is 0.100. The Balaban J connectivity index is 1.41. The van der Waals surface area contributed by atoms with Crippen molar-refractivity contribution in [3.8, 4) is 5.75 Å². The molecule has 2 amide bonds. The van der Waals surface area contributed by atoms with Crippen LogP contribution in [0.4, 0.5) is 24.5 Å². The van der Waals surface area contributed by atoms with Gasteiger partial charge >= 0.3 is 6.18 Å².